The third kappa shape index (κ3) is 3.35. The lowest BCUT2D eigenvalue weighted by molar-refractivity contribution is -0.118. The van der Waals surface area contributed by atoms with Crippen molar-refractivity contribution in [1.29, 1.82) is 0 Å². The van der Waals surface area contributed by atoms with Gasteiger partial charge < -0.3 is 19.7 Å². The molecule has 0 saturated heterocycles. The third-order valence-corrected chi connectivity index (χ3v) is 4.50. The van der Waals surface area contributed by atoms with Crippen molar-refractivity contribution >= 4 is 23.2 Å². The molecule has 0 atom stereocenters. The average molecular weight is 354 g/mol. The number of anilines is 2. The van der Waals surface area contributed by atoms with Gasteiger partial charge in [-0.1, -0.05) is 6.92 Å². The van der Waals surface area contributed by atoms with Crippen LogP contribution < -0.4 is 19.7 Å². The second kappa shape index (κ2) is 7.47. The minimum atomic E-state index is -0.225. The van der Waals surface area contributed by atoms with Gasteiger partial charge >= 0.3 is 0 Å². The lowest BCUT2D eigenvalue weighted by atomic mass is 10.1. The lowest BCUT2D eigenvalue weighted by Crippen LogP contribution is -2.27. The predicted molar refractivity (Wildman–Crippen MR) is 100 cm³/mol. The zero-order chi connectivity index (χ0) is 18.7. The van der Waals surface area contributed by atoms with Gasteiger partial charge in [-0.2, -0.15) is 0 Å². The normalized spacial score (nSPS) is 12.5. The van der Waals surface area contributed by atoms with E-state index in [1.807, 2.05) is 19.1 Å². The molecule has 0 aliphatic carbocycles. The number of nitrogens with one attached hydrogen (secondary N) is 1. The Morgan fingerprint density at radius 3 is 2.62 bits per heavy atom. The van der Waals surface area contributed by atoms with Gasteiger partial charge in [0.25, 0.3) is 5.91 Å². The van der Waals surface area contributed by atoms with E-state index < -0.39 is 0 Å². The number of carbonyl (C=O) groups is 2. The molecule has 26 heavy (non-hydrogen) atoms. The summed E-state index contributed by atoms with van der Waals surface area (Å²) in [6, 6.07) is 10.7. The van der Waals surface area contributed by atoms with Crippen molar-refractivity contribution in [2.75, 3.05) is 31.0 Å². The van der Waals surface area contributed by atoms with Gasteiger partial charge in [0, 0.05) is 30.3 Å². The number of benzene rings is 2. The molecule has 0 bridgehead atoms. The van der Waals surface area contributed by atoms with Crippen LogP contribution in [0, 0.1) is 0 Å². The fraction of sp³-hybridized carbons (Fsp3) is 0.300. The third-order valence-electron chi connectivity index (χ3n) is 4.50. The lowest BCUT2D eigenvalue weighted by Gasteiger charge is -2.16. The monoisotopic (exact) mass is 354 g/mol. The molecule has 0 fully saturated rings. The zero-order valence-electron chi connectivity index (χ0n) is 15.2. The number of hydrogen-bond donors (Lipinski definition) is 1. The highest BCUT2D eigenvalue weighted by molar-refractivity contribution is 6.06. The van der Waals surface area contributed by atoms with E-state index >= 15 is 0 Å². The molecule has 1 heterocycles. The smallest absolute Gasteiger partial charge is 0.255 e. The molecule has 0 aromatic heterocycles. The van der Waals surface area contributed by atoms with Gasteiger partial charge in [0.05, 0.1) is 19.9 Å². The Hall–Kier alpha value is -3.02. The van der Waals surface area contributed by atoms with E-state index in [4.69, 9.17) is 9.47 Å². The topological polar surface area (TPSA) is 67.9 Å². The van der Waals surface area contributed by atoms with E-state index in [1.54, 1.807) is 43.4 Å². The molecule has 1 aliphatic rings. The summed E-state index contributed by atoms with van der Waals surface area (Å²) in [4.78, 5) is 26.4. The van der Waals surface area contributed by atoms with Gasteiger partial charge in [-0.15, -0.1) is 0 Å². The molecule has 136 valence electrons. The summed E-state index contributed by atoms with van der Waals surface area (Å²) in [7, 11) is 3.11. The second-order valence-electron chi connectivity index (χ2n) is 6.01. The van der Waals surface area contributed by atoms with Crippen LogP contribution in [-0.4, -0.2) is 32.6 Å². The maximum Gasteiger partial charge on any atom is 0.255 e. The van der Waals surface area contributed by atoms with E-state index in [0.29, 0.717) is 35.7 Å². The van der Waals surface area contributed by atoms with Crippen molar-refractivity contribution in [3.05, 3.63) is 47.5 Å². The van der Waals surface area contributed by atoms with Gasteiger partial charge in [0.2, 0.25) is 5.91 Å². The number of fused-ring (bicyclic) bond motifs is 1. The minimum absolute atomic E-state index is 0.101. The molecule has 1 aliphatic heterocycles. The van der Waals surface area contributed by atoms with Gasteiger partial charge in [-0.05, 0) is 42.3 Å². The molecule has 2 aromatic carbocycles. The summed E-state index contributed by atoms with van der Waals surface area (Å²) in [5, 5.41) is 2.87. The van der Waals surface area contributed by atoms with Crippen LogP contribution in [0.4, 0.5) is 11.4 Å². The maximum atomic E-state index is 12.6. The van der Waals surface area contributed by atoms with Crippen molar-refractivity contribution < 1.29 is 19.1 Å². The molecule has 6 nitrogen and oxygen atoms in total. The first-order valence-corrected chi connectivity index (χ1v) is 8.54. The fourth-order valence-corrected chi connectivity index (χ4v) is 3.09. The molecule has 3 rings (SSSR count). The summed E-state index contributed by atoms with van der Waals surface area (Å²) < 4.78 is 10.5. The van der Waals surface area contributed by atoms with Gasteiger partial charge in [0.15, 0.2) is 0 Å². The van der Waals surface area contributed by atoms with Gasteiger partial charge in [-0.25, -0.2) is 0 Å². The Morgan fingerprint density at radius 1 is 1.12 bits per heavy atom. The molecule has 0 saturated carbocycles. The number of amides is 2. The van der Waals surface area contributed by atoms with Crippen LogP contribution >= 0.6 is 0 Å². The van der Waals surface area contributed by atoms with E-state index in [2.05, 4.69) is 5.32 Å². The van der Waals surface area contributed by atoms with Crippen LogP contribution in [0.1, 0.15) is 29.3 Å². The van der Waals surface area contributed by atoms with Gasteiger partial charge in [-0.3, -0.25) is 9.59 Å². The SMILES string of the molecule is CCC(=O)N1CCc2cc(C(=O)Nc3ccc(OC)cc3OC)ccc21. The van der Waals surface area contributed by atoms with Crippen molar-refractivity contribution in [2.45, 2.75) is 19.8 Å². The predicted octanol–water partition coefficient (Wildman–Crippen LogP) is 3.26. The van der Waals surface area contributed by atoms with E-state index in [0.717, 1.165) is 17.7 Å². The van der Waals surface area contributed by atoms with Crippen LogP contribution in [-0.2, 0) is 11.2 Å². The molecule has 2 amide bonds. The molecule has 0 spiro atoms. The quantitative estimate of drug-likeness (QED) is 0.895. The largest absolute Gasteiger partial charge is 0.497 e. The second-order valence-corrected chi connectivity index (χ2v) is 6.01. The standard InChI is InChI=1S/C20H22N2O4/c1-4-19(23)22-10-9-13-11-14(5-8-17(13)22)20(24)21-16-7-6-15(25-2)12-18(16)26-3/h5-8,11-12H,4,9-10H2,1-3H3,(H,21,24). The first-order valence-electron chi connectivity index (χ1n) is 8.54. The number of ether oxygens (including phenoxy) is 2. The number of hydrogen-bond acceptors (Lipinski definition) is 4. The Morgan fingerprint density at radius 2 is 1.92 bits per heavy atom. The highest BCUT2D eigenvalue weighted by atomic mass is 16.5. The highest BCUT2D eigenvalue weighted by Gasteiger charge is 2.24. The van der Waals surface area contributed by atoms with Crippen LogP contribution in [0.15, 0.2) is 36.4 Å². The molecule has 0 unspecified atom stereocenters. The summed E-state index contributed by atoms with van der Waals surface area (Å²) in [6.07, 6.45) is 1.23. The fourth-order valence-electron chi connectivity index (χ4n) is 3.09. The van der Waals surface area contributed by atoms with E-state index in [-0.39, 0.29) is 11.8 Å². The molecule has 1 N–H and O–H groups in total. The molecular formula is C20H22N2O4. The van der Waals surface area contributed by atoms with Crippen molar-refractivity contribution in [3.63, 3.8) is 0 Å². The summed E-state index contributed by atoms with van der Waals surface area (Å²) in [5.41, 5.74) is 3.03. The maximum absolute atomic E-state index is 12.6. The summed E-state index contributed by atoms with van der Waals surface area (Å²) in [5.74, 6) is 1.05. The first-order chi connectivity index (χ1) is 12.6. The van der Waals surface area contributed by atoms with E-state index in [1.165, 1.54) is 0 Å². The Bertz CT molecular complexity index is 848. The number of nitrogens with zero attached hydrogens (tertiary/aromatic N) is 1. The van der Waals surface area contributed by atoms with Crippen molar-refractivity contribution in [2.24, 2.45) is 0 Å². The zero-order valence-corrected chi connectivity index (χ0v) is 15.2. The van der Waals surface area contributed by atoms with Crippen LogP contribution in [0.5, 0.6) is 11.5 Å². The van der Waals surface area contributed by atoms with E-state index in [9.17, 15) is 9.59 Å². The summed E-state index contributed by atoms with van der Waals surface area (Å²) in [6.45, 7) is 2.52. The Balaban J connectivity index is 1.81. The number of carbonyl (C=O) groups excluding carboxylic acids is 2. The molecule has 0 radical (unpaired) electrons. The van der Waals surface area contributed by atoms with Crippen LogP contribution in [0.25, 0.3) is 0 Å². The van der Waals surface area contributed by atoms with Crippen molar-refractivity contribution in [1.82, 2.24) is 0 Å². The Kier molecular flexibility index (Phi) is 5.11. The minimum Gasteiger partial charge on any atom is -0.497 e. The molecule has 6 heteroatoms. The number of rotatable bonds is 5. The molecular weight excluding hydrogens is 332 g/mol. The van der Waals surface area contributed by atoms with Gasteiger partial charge in [0.1, 0.15) is 11.5 Å². The molecule has 2 aromatic rings. The Labute approximate surface area is 152 Å². The van der Waals surface area contributed by atoms with Crippen LogP contribution in [0.2, 0.25) is 0 Å². The highest BCUT2D eigenvalue weighted by Crippen LogP contribution is 2.31. The van der Waals surface area contributed by atoms with Crippen LogP contribution in [0.3, 0.4) is 0 Å². The van der Waals surface area contributed by atoms with Crippen molar-refractivity contribution in [3.8, 4) is 11.5 Å². The first kappa shape index (κ1) is 17.8. The number of methoxy groups -OCH3 is 2. The summed E-state index contributed by atoms with van der Waals surface area (Å²) >= 11 is 0. The average Bonchev–Trinajstić information content (AvgIpc) is 3.10.